The van der Waals surface area contributed by atoms with Crippen LogP contribution in [0.2, 0.25) is 0 Å². The van der Waals surface area contributed by atoms with Gasteiger partial charge < -0.3 is 10.6 Å². The lowest BCUT2D eigenvalue weighted by Gasteiger charge is -2.33. The van der Waals surface area contributed by atoms with E-state index in [0.29, 0.717) is 18.8 Å². The Balaban J connectivity index is 1.37. The van der Waals surface area contributed by atoms with E-state index in [-0.39, 0.29) is 61.7 Å². The maximum Gasteiger partial charge on any atom is 0.418 e. The maximum absolute atomic E-state index is 14.0. The zero-order chi connectivity index (χ0) is 29.9. The van der Waals surface area contributed by atoms with Gasteiger partial charge in [-0.05, 0) is 63.6 Å². The van der Waals surface area contributed by atoms with E-state index < -0.39 is 29.6 Å². The number of nitrogens with zero attached hydrogens (tertiary/aromatic N) is 4. The number of amides is 2. The number of hydrogen-bond acceptors (Lipinski definition) is 5. The number of para-hydroxylation sites is 1. The summed E-state index contributed by atoms with van der Waals surface area (Å²) in [7, 11) is 0. The van der Waals surface area contributed by atoms with Crippen molar-refractivity contribution in [2.45, 2.75) is 101 Å². The predicted octanol–water partition coefficient (Wildman–Crippen LogP) is 5.22. The summed E-state index contributed by atoms with van der Waals surface area (Å²) >= 11 is 0. The molecule has 1 aromatic carbocycles. The molecular weight excluding hydrogens is 559 g/mol. The minimum absolute atomic E-state index is 0.0560. The number of likely N-dealkylation sites (tertiary alicyclic amines) is 1. The molecule has 3 aliphatic rings. The average molecular weight is 597 g/mol. The molecule has 0 bridgehead atoms. The van der Waals surface area contributed by atoms with E-state index in [1.54, 1.807) is 4.90 Å². The molecule has 42 heavy (non-hydrogen) atoms. The van der Waals surface area contributed by atoms with Gasteiger partial charge in [-0.25, -0.2) is 18.4 Å². The molecule has 1 aliphatic heterocycles. The molecule has 2 aromatic rings. The highest BCUT2D eigenvalue weighted by Gasteiger charge is 2.37. The van der Waals surface area contributed by atoms with Crippen LogP contribution in [0, 0.1) is 0 Å². The molecule has 2 saturated carbocycles. The minimum atomic E-state index is -4.64. The lowest BCUT2D eigenvalue weighted by atomic mass is 9.93. The fourth-order valence-corrected chi connectivity index (χ4v) is 6.06. The Morgan fingerprint density at radius 3 is 2.45 bits per heavy atom. The highest BCUT2D eigenvalue weighted by molar-refractivity contribution is 5.91. The highest BCUT2D eigenvalue weighted by Crippen LogP contribution is 2.38. The standard InChI is InChI=1S/C29H37F5N6O2/c30-28(31)14-6-15-39(18-28)16-13-21(17-24(41)35-20-9-5-10-20)36-27(42)25-37-26(19-7-1-2-8-19)40(38-25)23-12-4-3-11-22(23)29(32,33)34/h3-4,11-12,19-21H,1-2,5-10,13-18H2,(H,35,41)(H,36,42)/t21-/m0/s1. The van der Waals surface area contributed by atoms with Crippen LogP contribution in [0.3, 0.4) is 0 Å². The molecule has 5 rings (SSSR count). The van der Waals surface area contributed by atoms with Crippen molar-refractivity contribution in [3.8, 4) is 5.69 Å². The second-order valence-corrected chi connectivity index (χ2v) is 11.8. The summed E-state index contributed by atoms with van der Waals surface area (Å²) in [5, 5.41) is 9.98. The van der Waals surface area contributed by atoms with Crippen LogP contribution in [0.4, 0.5) is 22.0 Å². The van der Waals surface area contributed by atoms with Crippen molar-refractivity contribution in [1.82, 2.24) is 30.3 Å². The first-order valence-corrected chi connectivity index (χ1v) is 14.8. The quantitative estimate of drug-likeness (QED) is 0.367. The van der Waals surface area contributed by atoms with Gasteiger partial charge in [-0.3, -0.25) is 14.5 Å². The molecule has 0 spiro atoms. The van der Waals surface area contributed by atoms with Crippen LogP contribution in [0.5, 0.6) is 0 Å². The van der Waals surface area contributed by atoms with E-state index >= 15 is 0 Å². The molecular formula is C29H37F5N6O2. The van der Waals surface area contributed by atoms with Crippen molar-refractivity contribution in [3.05, 3.63) is 41.5 Å². The largest absolute Gasteiger partial charge is 0.418 e. The van der Waals surface area contributed by atoms with Crippen molar-refractivity contribution in [2.24, 2.45) is 0 Å². The molecule has 1 aromatic heterocycles. The van der Waals surface area contributed by atoms with Gasteiger partial charge >= 0.3 is 6.18 Å². The molecule has 1 atom stereocenters. The third-order valence-corrected chi connectivity index (χ3v) is 8.50. The third kappa shape index (κ3) is 7.45. The first-order chi connectivity index (χ1) is 20.0. The molecule has 8 nitrogen and oxygen atoms in total. The Morgan fingerprint density at radius 2 is 1.79 bits per heavy atom. The van der Waals surface area contributed by atoms with Gasteiger partial charge in [0.1, 0.15) is 5.82 Å². The normalized spacial score (nSPS) is 20.7. The lowest BCUT2D eigenvalue weighted by molar-refractivity contribution is -0.137. The number of piperidine rings is 1. The molecule has 2 heterocycles. The Bertz CT molecular complexity index is 1260. The van der Waals surface area contributed by atoms with E-state index in [0.717, 1.165) is 55.7 Å². The summed E-state index contributed by atoms with van der Waals surface area (Å²) in [6, 6.07) is 4.44. The van der Waals surface area contributed by atoms with Gasteiger partial charge in [-0.2, -0.15) is 13.2 Å². The number of rotatable bonds is 10. The van der Waals surface area contributed by atoms with Crippen molar-refractivity contribution in [1.29, 1.82) is 0 Å². The summed E-state index contributed by atoms with van der Waals surface area (Å²) in [4.78, 5) is 32.2. The lowest BCUT2D eigenvalue weighted by Crippen LogP contribution is -2.47. The van der Waals surface area contributed by atoms with Gasteiger partial charge in [-0.1, -0.05) is 25.0 Å². The Morgan fingerprint density at radius 1 is 1.05 bits per heavy atom. The third-order valence-electron chi connectivity index (χ3n) is 8.50. The number of benzene rings is 1. The molecule has 3 fully saturated rings. The second kappa shape index (κ2) is 12.6. The molecule has 0 radical (unpaired) electrons. The molecule has 2 amide bonds. The van der Waals surface area contributed by atoms with E-state index in [1.807, 2.05) is 0 Å². The molecule has 0 unspecified atom stereocenters. The van der Waals surface area contributed by atoms with Gasteiger partial charge in [0, 0.05) is 37.4 Å². The summed E-state index contributed by atoms with van der Waals surface area (Å²) in [6.45, 7) is 0.377. The fourth-order valence-electron chi connectivity index (χ4n) is 6.06. The SMILES string of the molecule is O=C(C[C@H](CCN1CCCC(F)(F)C1)NC(=O)c1nc(C2CCCC2)n(-c2ccccc2C(F)(F)F)n1)NC1CCC1. The number of nitrogens with one attached hydrogen (secondary N) is 2. The summed E-state index contributed by atoms with van der Waals surface area (Å²) in [5.74, 6) is -3.89. The van der Waals surface area contributed by atoms with Crippen LogP contribution in [-0.4, -0.2) is 69.1 Å². The molecule has 1 saturated heterocycles. The number of carbonyl (C=O) groups is 2. The average Bonchev–Trinajstić information content (AvgIpc) is 3.59. The Hall–Kier alpha value is -3.09. The number of alkyl halides is 5. The van der Waals surface area contributed by atoms with Crippen molar-refractivity contribution in [2.75, 3.05) is 19.6 Å². The topological polar surface area (TPSA) is 92.2 Å². The number of aromatic nitrogens is 3. The van der Waals surface area contributed by atoms with Crippen LogP contribution in [-0.2, 0) is 11.0 Å². The van der Waals surface area contributed by atoms with E-state index in [9.17, 15) is 31.5 Å². The van der Waals surface area contributed by atoms with Gasteiger partial charge in [0.2, 0.25) is 11.7 Å². The zero-order valence-corrected chi connectivity index (χ0v) is 23.4. The van der Waals surface area contributed by atoms with Crippen molar-refractivity contribution < 1.29 is 31.5 Å². The summed E-state index contributed by atoms with van der Waals surface area (Å²) < 4.78 is 70.7. The van der Waals surface area contributed by atoms with Gasteiger partial charge in [0.25, 0.3) is 11.8 Å². The first kappa shape index (κ1) is 30.4. The van der Waals surface area contributed by atoms with Crippen LogP contribution in [0.25, 0.3) is 5.69 Å². The van der Waals surface area contributed by atoms with Gasteiger partial charge in [-0.15, -0.1) is 5.10 Å². The van der Waals surface area contributed by atoms with Crippen LogP contribution < -0.4 is 10.6 Å². The Labute approximate surface area is 241 Å². The second-order valence-electron chi connectivity index (χ2n) is 11.8. The molecule has 2 aliphatic carbocycles. The predicted molar refractivity (Wildman–Crippen MR) is 144 cm³/mol. The van der Waals surface area contributed by atoms with Crippen molar-refractivity contribution in [3.63, 3.8) is 0 Å². The minimum Gasteiger partial charge on any atom is -0.353 e. The summed E-state index contributed by atoms with van der Waals surface area (Å²) in [6.07, 6.45) is 1.78. The molecule has 13 heteroatoms. The maximum atomic E-state index is 14.0. The molecule has 230 valence electrons. The van der Waals surface area contributed by atoms with E-state index in [2.05, 4.69) is 20.7 Å². The number of hydrogen-bond donors (Lipinski definition) is 2. The number of carbonyl (C=O) groups excluding carboxylic acids is 2. The van der Waals surface area contributed by atoms with Gasteiger partial charge in [0.05, 0.1) is 17.8 Å². The van der Waals surface area contributed by atoms with Crippen LogP contribution in [0.1, 0.15) is 98.6 Å². The summed E-state index contributed by atoms with van der Waals surface area (Å²) in [5.41, 5.74) is -1.09. The highest BCUT2D eigenvalue weighted by atomic mass is 19.4. The smallest absolute Gasteiger partial charge is 0.353 e. The molecule has 2 N–H and O–H groups in total. The first-order valence-electron chi connectivity index (χ1n) is 14.8. The number of halogens is 5. The fraction of sp³-hybridized carbons (Fsp3) is 0.655. The van der Waals surface area contributed by atoms with E-state index in [4.69, 9.17) is 0 Å². The van der Waals surface area contributed by atoms with Crippen LogP contribution in [0.15, 0.2) is 24.3 Å². The monoisotopic (exact) mass is 596 g/mol. The zero-order valence-electron chi connectivity index (χ0n) is 23.4. The van der Waals surface area contributed by atoms with E-state index in [1.165, 1.54) is 18.2 Å². The van der Waals surface area contributed by atoms with Crippen LogP contribution >= 0.6 is 0 Å². The van der Waals surface area contributed by atoms with Gasteiger partial charge in [0.15, 0.2) is 0 Å². The Kier molecular flexibility index (Phi) is 9.14. The van der Waals surface area contributed by atoms with Crippen molar-refractivity contribution >= 4 is 11.8 Å².